The summed E-state index contributed by atoms with van der Waals surface area (Å²) in [7, 11) is 1.49. The highest BCUT2D eigenvalue weighted by Gasteiger charge is 2.44. The normalized spacial score (nSPS) is 23.5. The number of aromatic nitrogens is 4. The lowest BCUT2D eigenvalue weighted by Gasteiger charge is -2.42. The van der Waals surface area contributed by atoms with Gasteiger partial charge in [0.05, 0.1) is 24.2 Å². The van der Waals surface area contributed by atoms with E-state index in [0.717, 1.165) is 29.1 Å². The predicted molar refractivity (Wildman–Crippen MR) is 156 cm³/mol. The first-order valence-corrected chi connectivity index (χ1v) is 15.3. The first-order chi connectivity index (χ1) is 21.5. The molecule has 0 saturated heterocycles. The molecule has 15 heteroatoms. The van der Waals surface area contributed by atoms with Gasteiger partial charge in [-0.2, -0.15) is 31.1 Å². The topological polar surface area (TPSA) is 107 Å². The van der Waals surface area contributed by atoms with Crippen LogP contribution in [0.4, 0.5) is 32.3 Å². The van der Waals surface area contributed by atoms with Gasteiger partial charge >= 0.3 is 12.4 Å². The van der Waals surface area contributed by atoms with Crippen LogP contribution in [0.15, 0.2) is 36.4 Å². The number of nitrogens with zero attached hydrogens (tertiary/aromatic N) is 5. The van der Waals surface area contributed by atoms with Crippen molar-refractivity contribution in [1.82, 2.24) is 20.2 Å². The number of anilines is 1. The number of ketones is 1. The van der Waals surface area contributed by atoms with E-state index in [2.05, 4.69) is 15.4 Å². The molecule has 2 aromatic carbocycles. The lowest BCUT2D eigenvalue weighted by molar-refractivity contribution is -0.138. The molecule has 1 aromatic heterocycles. The molecule has 46 heavy (non-hydrogen) atoms. The zero-order valence-corrected chi connectivity index (χ0v) is 25.8. The molecule has 5 rings (SSSR count). The van der Waals surface area contributed by atoms with Crippen LogP contribution in [0.2, 0.25) is 5.02 Å². The highest BCUT2D eigenvalue weighted by Crippen LogP contribution is 2.49. The van der Waals surface area contributed by atoms with Crippen molar-refractivity contribution in [3.8, 4) is 0 Å². The fraction of sp³-hybridized carbons (Fsp3) is 0.516. The number of amides is 1. The number of hydrogen-bond donors (Lipinski definition) is 1. The highest BCUT2D eigenvalue weighted by molar-refractivity contribution is 6.30. The molecule has 1 unspecified atom stereocenters. The van der Waals surface area contributed by atoms with Gasteiger partial charge in [-0.3, -0.25) is 9.59 Å². The molecule has 2 aliphatic rings. The smallest absolute Gasteiger partial charge is 0.370 e. The maximum absolute atomic E-state index is 14.1. The summed E-state index contributed by atoms with van der Waals surface area (Å²) in [6.45, 7) is 1.61. The van der Waals surface area contributed by atoms with Crippen LogP contribution in [0, 0.1) is 17.8 Å². The lowest BCUT2D eigenvalue weighted by atomic mass is 9.66. The molecule has 1 amide bonds. The van der Waals surface area contributed by atoms with Crippen molar-refractivity contribution in [3.63, 3.8) is 0 Å². The van der Waals surface area contributed by atoms with E-state index in [1.165, 1.54) is 24.1 Å². The number of tetrazole rings is 1. The van der Waals surface area contributed by atoms with Crippen molar-refractivity contribution < 1.29 is 35.9 Å². The number of halogens is 7. The maximum Gasteiger partial charge on any atom is 0.416 e. The first kappa shape index (κ1) is 33.7. The number of benzene rings is 2. The van der Waals surface area contributed by atoms with Gasteiger partial charge in [0.1, 0.15) is 5.78 Å². The Morgan fingerprint density at radius 1 is 0.978 bits per heavy atom. The quantitative estimate of drug-likeness (QED) is 0.258. The number of carbonyl (C=O) groups excluding carboxylic acids is 2. The number of fused-ring (bicyclic) bond motifs is 1. The lowest BCUT2D eigenvalue weighted by Crippen LogP contribution is -2.39. The Hall–Kier alpha value is -3.68. The SMILES string of the molecule is C[C@@H]1C[C@H](N(Cc2cc(Cl)cc(C(F)(F)F)c2)c2nnn(C)n2)c2cc(C(F)(F)F)ccc2C1C(=O)C1CCC(CC(N)=O)CC1. The van der Waals surface area contributed by atoms with Gasteiger partial charge in [-0.15, -0.1) is 5.10 Å². The Labute approximate surface area is 266 Å². The van der Waals surface area contributed by atoms with Crippen LogP contribution in [0.25, 0.3) is 0 Å². The third-order valence-electron chi connectivity index (χ3n) is 9.09. The Morgan fingerprint density at radius 3 is 2.24 bits per heavy atom. The van der Waals surface area contributed by atoms with Crippen LogP contribution < -0.4 is 10.6 Å². The van der Waals surface area contributed by atoms with Crippen LogP contribution in [-0.4, -0.2) is 31.9 Å². The van der Waals surface area contributed by atoms with Crippen molar-refractivity contribution in [2.45, 2.75) is 76.3 Å². The van der Waals surface area contributed by atoms with Gasteiger partial charge < -0.3 is 10.6 Å². The van der Waals surface area contributed by atoms with Gasteiger partial charge in [-0.05, 0) is 96.2 Å². The summed E-state index contributed by atoms with van der Waals surface area (Å²) in [5.41, 5.74) is 4.24. The molecular formula is C31H33ClF6N6O2. The van der Waals surface area contributed by atoms with E-state index in [1.807, 2.05) is 6.92 Å². The predicted octanol–water partition coefficient (Wildman–Crippen LogP) is 7.02. The summed E-state index contributed by atoms with van der Waals surface area (Å²) in [6, 6.07) is 5.52. The monoisotopic (exact) mass is 670 g/mol. The molecule has 0 aliphatic heterocycles. The van der Waals surface area contributed by atoms with E-state index in [0.29, 0.717) is 31.2 Å². The number of rotatable bonds is 8. The number of primary amides is 1. The van der Waals surface area contributed by atoms with Gasteiger partial charge in [0.2, 0.25) is 5.91 Å². The average Bonchev–Trinajstić information content (AvgIpc) is 3.39. The molecule has 248 valence electrons. The minimum atomic E-state index is -4.69. The summed E-state index contributed by atoms with van der Waals surface area (Å²) < 4.78 is 83.1. The molecule has 0 radical (unpaired) electrons. The summed E-state index contributed by atoms with van der Waals surface area (Å²) in [5.74, 6) is -1.76. The third kappa shape index (κ3) is 7.31. The second kappa shape index (κ2) is 12.8. The second-order valence-corrected chi connectivity index (χ2v) is 12.8. The number of aryl methyl sites for hydroxylation is 1. The molecule has 0 bridgehead atoms. The Morgan fingerprint density at radius 2 is 1.65 bits per heavy atom. The number of hydrogen-bond acceptors (Lipinski definition) is 6. The van der Waals surface area contributed by atoms with Gasteiger partial charge in [0.15, 0.2) is 0 Å². The molecule has 2 aliphatic carbocycles. The van der Waals surface area contributed by atoms with Gasteiger partial charge in [0, 0.05) is 29.8 Å². The average molecular weight is 671 g/mol. The van der Waals surface area contributed by atoms with Gasteiger partial charge in [0.25, 0.3) is 5.95 Å². The zero-order chi connectivity index (χ0) is 33.6. The highest BCUT2D eigenvalue weighted by atomic mass is 35.5. The van der Waals surface area contributed by atoms with Crippen LogP contribution in [0.1, 0.15) is 85.2 Å². The summed E-state index contributed by atoms with van der Waals surface area (Å²) in [4.78, 5) is 28.1. The second-order valence-electron chi connectivity index (χ2n) is 12.4. The molecule has 0 spiro atoms. The van der Waals surface area contributed by atoms with E-state index in [4.69, 9.17) is 17.3 Å². The minimum Gasteiger partial charge on any atom is -0.370 e. The summed E-state index contributed by atoms with van der Waals surface area (Å²) in [6.07, 6.45) is -6.55. The Balaban J connectivity index is 1.56. The van der Waals surface area contributed by atoms with E-state index in [1.54, 1.807) is 0 Å². The minimum absolute atomic E-state index is 0.00542. The summed E-state index contributed by atoms with van der Waals surface area (Å²) >= 11 is 6.06. The van der Waals surface area contributed by atoms with Gasteiger partial charge in [-0.25, -0.2) is 0 Å². The Bertz CT molecular complexity index is 1600. The van der Waals surface area contributed by atoms with Crippen molar-refractivity contribution >= 4 is 29.2 Å². The largest absolute Gasteiger partial charge is 0.416 e. The number of Topliss-reactive ketones (excluding diaryl/α,β-unsaturated/α-hetero) is 1. The molecule has 1 saturated carbocycles. The number of carbonyl (C=O) groups is 2. The van der Waals surface area contributed by atoms with Crippen molar-refractivity contribution in [3.05, 3.63) is 69.2 Å². The standard InChI is InChI=1S/C31H33ClF6N6O2/c1-16-9-25(44(29-40-42-43(2)41-29)15-18-10-21(31(36,37)38)13-22(32)11-18)24-14-20(30(33,34)35)7-8-23(24)27(16)28(46)19-5-3-17(4-6-19)12-26(39)45/h7-8,10-11,13-14,16-17,19,25,27H,3-6,9,12,15H2,1-2H3,(H2,39,45)/t16-,17?,19?,25+,27?/m1/s1. The molecular weight excluding hydrogens is 638 g/mol. The summed E-state index contributed by atoms with van der Waals surface area (Å²) in [5, 5.41) is 12.0. The van der Waals surface area contributed by atoms with E-state index in [9.17, 15) is 35.9 Å². The molecule has 2 N–H and O–H groups in total. The van der Waals surface area contributed by atoms with Crippen molar-refractivity contribution in [2.24, 2.45) is 30.5 Å². The molecule has 1 heterocycles. The molecule has 1 fully saturated rings. The van der Waals surface area contributed by atoms with Crippen molar-refractivity contribution in [1.29, 1.82) is 0 Å². The zero-order valence-electron chi connectivity index (χ0n) is 25.1. The first-order valence-electron chi connectivity index (χ1n) is 14.9. The fourth-order valence-corrected chi connectivity index (χ4v) is 7.23. The number of alkyl halides is 6. The molecule has 3 atom stereocenters. The van der Waals surface area contributed by atoms with Crippen LogP contribution in [0.3, 0.4) is 0 Å². The van der Waals surface area contributed by atoms with Crippen LogP contribution >= 0.6 is 11.6 Å². The van der Waals surface area contributed by atoms with Crippen LogP contribution in [-0.2, 0) is 35.5 Å². The Kier molecular flexibility index (Phi) is 9.40. The van der Waals surface area contributed by atoms with E-state index < -0.39 is 41.3 Å². The maximum atomic E-state index is 14.1. The van der Waals surface area contributed by atoms with Crippen molar-refractivity contribution in [2.75, 3.05) is 4.90 Å². The molecule has 8 nitrogen and oxygen atoms in total. The van der Waals surface area contributed by atoms with Gasteiger partial charge in [-0.1, -0.05) is 29.7 Å². The third-order valence-corrected chi connectivity index (χ3v) is 9.30. The van der Waals surface area contributed by atoms with E-state index >= 15 is 0 Å². The molecule has 3 aromatic rings. The van der Waals surface area contributed by atoms with E-state index in [-0.39, 0.29) is 65.0 Å². The fourth-order valence-electron chi connectivity index (χ4n) is 6.97. The van der Waals surface area contributed by atoms with Crippen LogP contribution in [0.5, 0.6) is 0 Å². The number of nitrogens with two attached hydrogens (primary N) is 1.